The van der Waals surface area contributed by atoms with Crippen LogP contribution in [0.4, 0.5) is 0 Å². The van der Waals surface area contributed by atoms with E-state index in [-0.39, 0.29) is 11.9 Å². The van der Waals surface area contributed by atoms with Crippen LogP contribution in [0.25, 0.3) is 0 Å². The topological polar surface area (TPSA) is 72.3 Å². The van der Waals surface area contributed by atoms with Crippen LogP contribution < -0.4 is 10.1 Å². The van der Waals surface area contributed by atoms with Crippen LogP contribution in [0, 0.1) is 0 Å². The molecule has 1 N–H and O–H groups in total. The van der Waals surface area contributed by atoms with Gasteiger partial charge in [-0.15, -0.1) is 0 Å². The lowest BCUT2D eigenvalue weighted by atomic mass is 10.1. The van der Waals surface area contributed by atoms with E-state index in [4.69, 9.17) is 4.74 Å². The van der Waals surface area contributed by atoms with E-state index >= 15 is 0 Å². The quantitative estimate of drug-likeness (QED) is 0.738. The molecule has 1 amide bonds. The first kappa shape index (κ1) is 18.2. The molecule has 7 heteroatoms. The molecule has 1 atom stereocenters. The number of benzene rings is 1. The minimum absolute atomic E-state index is 0.00535. The van der Waals surface area contributed by atoms with Crippen molar-refractivity contribution in [3.05, 3.63) is 78.1 Å². The smallest absolute Gasteiger partial charge is 0.254 e. The van der Waals surface area contributed by atoms with Crippen molar-refractivity contribution < 1.29 is 9.53 Å². The van der Waals surface area contributed by atoms with Crippen molar-refractivity contribution in [2.45, 2.75) is 12.6 Å². The van der Waals surface area contributed by atoms with Gasteiger partial charge in [0.05, 0.1) is 5.69 Å². The number of aryl methyl sites for hydroxylation is 1. The van der Waals surface area contributed by atoms with Gasteiger partial charge in [-0.3, -0.25) is 9.78 Å². The number of hydrogen-bond donors (Lipinski definition) is 1. The van der Waals surface area contributed by atoms with Crippen molar-refractivity contribution >= 4 is 5.91 Å². The largest absolute Gasteiger partial charge is 0.487 e. The number of nitrogens with one attached hydrogen (secondary N) is 1. The summed E-state index contributed by atoms with van der Waals surface area (Å²) in [5.41, 5.74) is 1.51. The molecule has 3 aromatic rings. The van der Waals surface area contributed by atoms with Crippen molar-refractivity contribution in [3.63, 3.8) is 0 Å². The van der Waals surface area contributed by atoms with Crippen LogP contribution in [0.2, 0.25) is 0 Å². The Kier molecular flexibility index (Phi) is 5.34. The number of ether oxygens (including phenoxy) is 1. The third-order valence-electron chi connectivity index (χ3n) is 4.87. The van der Waals surface area contributed by atoms with Gasteiger partial charge in [0.25, 0.3) is 5.91 Å². The summed E-state index contributed by atoms with van der Waals surface area (Å²) in [6, 6.07) is 12.9. The van der Waals surface area contributed by atoms with Crippen LogP contribution in [-0.4, -0.2) is 45.0 Å². The highest BCUT2D eigenvalue weighted by atomic mass is 16.5. The maximum absolute atomic E-state index is 13.1. The molecule has 28 heavy (non-hydrogen) atoms. The van der Waals surface area contributed by atoms with Crippen LogP contribution in [-0.2, 0) is 13.7 Å². The highest BCUT2D eigenvalue weighted by molar-refractivity contribution is 5.94. The maximum Gasteiger partial charge on any atom is 0.254 e. The summed E-state index contributed by atoms with van der Waals surface area (Å²) in [6.07, 6.45) is 5.41. The predicted octanol–water partition coefficient (Wildman–Crippen LogP) is 2.18. The Morgan fingerprint density at radius 3 is 2.75 bits per heavy atom. The lowest BCUT2D eigenvalue weighted by Crippen LogP contribution is -2.49. The lowest BCUT2D eigenvalue weighted by molar-refractivity contribution is 0.0621. The third-order valence-corrected chi connectivity index (χ3v) is 4.87. The van der Waals surface area contributed by atoms with E-state index in [0.29, 0.717) is 31.0 Å². The van der Waals surface area contributed by atoms with E-state index in [1.165, 1.54) is 0 Å². The standard InChI is InChI=1S/C21H23N5O2/c1-25-12-11-24-20(25)19-14-22-10-13-26(19)21(27)16-5-7-18(8-6-16)28-15-17-4-2-3-9-23-17/h2-9,11-12,19,22H,10,13-15H2,1H3. The monoisotopic (exact) mass is 377 g/mol. The molecule has 3 heterocycles. The summed E-state index contributed by atoms with van der Waals surface area (Å²) in [4.78, 5) is 23.7. The van der Waals surface area contributed by atoms with Crippen molar-refractivity contribution in [2.75, 3.05) is 19.6 Å². The molecule has 1 aliphatic rings. The van der Waals surface area contributed by atoms with Crippen molar-refractivity contribution in [1.82, 2.24) is 24.8 Å². The summed E-state index contributed by atoms with van der Waals surface area (Å²) in [5.74, 6) is 1.60. The van der Waals surface area contributed by atoms with E-state index < -0.39 is 0 Å². The van der Waals surface area contributed by atoms with E-state index in [2.05, 4.69) is 15.3 Å². The fraction of sp³-hybridized carbons (Fsp3) is 0.286. The number of pyridine rings is 1. The molecule has 0 spiro atoms. The predicted molar refractivity (Wildman–Crippen MR) is 105 cm³/mol. The van der Waals surface area contributed by atoms with E-state index in [1.807, 2.05) is 65.2 Å². The van der Waals surface area contributed by atoms with Gasteiger partial charge >= 0.3 is 0 Å². The number of carbonyl (C=O) groups is 1. The molecule has 0 bridgehead atoms. The maximum atomic E-state index is 13.1. The SMILES string of the molecule is Cn1ccnc1C1CNCCN1C(=O)c1ccc(OCc2ccccn2)cc1. The molecule has 144 valence electrons. The molecule has 2 aromatic heterocycles. The summed E-state index contributed by atoms with van der Waals surface area (Å²) in [7, 11) is 1.95. The Morgan fingerprint density at radius 2 is 2.04 bits per heavy atom. The van der Waals surface area contributed by atoms with Gasteiger partial charge in [0.1, 0.15) is 24.2 Å². The Morgan fingerprint density at radius 1 is 1.18 bits per heavy atom. The minimum atomic E-state index is -0.0821. The second kappa shape index (κ2) is 8.22. The number of piperazine rings is 1. The number of amides is 1. The molecule has 1 fully saturated rings. The fourth-order valence-electron chi connectivity index (χ4n) is 3.38. The summed E-state index contributed by atoms with van der Waals surface area (Å²) in [5, 5.41) is 3.35. The molecule has 4 rings (SSSR count). The zero-order valence-corrected chi connectivity index (χ0v) is 15.8. The van der Waals surface area contributed by atoms with Gasteiger partial charge in [-0.25, -0.2) is 4.98 Å². The van der Waals surface area contributed by atoms with Gasteiger partial charge in [0.2, 0.25) is 0 Å². The van der Waals surface area contributed by atoms with Crippen LogP contribution in [0.3, 0.4) is 0 Å². The number of hydrogen-bond acceptors (Lipinski definition) is 5. The summed E-state index contributed by atoms with van der Waals surface area (Å²) >= 11 is 0. The van der Waals surface area contributed by atoms with Gasteiger partial charge in [-0.05, 0) is 36.4 Å². The highest BCUT2D eigenvalue weighted by Gasteiger charge is 2.30. The fourth-order valence-corrected chi connectivity index (χ4v) is 3.38. The summed E-state index contributed by atoms with van der Waals surface area (Å²) < 4.78 is 7.72. The average Bonchev–Trinajstić information content (AvgIpc) is 3.18. The zero-order valence-electron chi connectivity index (χ0n) is 15.8. The molecule has 1 aromatic carbocycles. The number of nitrogens with zero attached hydrogens (tertiary/aromatic N) is 4. The molecule has 0 aliphatic carbocycles. The number of carbonyl (C=O) groups excluding carboxylic acids is 1. The molecule has 0 radical (unpaired) electrons. The number of imidazole rings is 1. The van der Waals surface area contributed by atoms with Crippen molar-refractivity contribution in [3.8, 4) is 5.75 Å². The normalized spacial score (nSPS) is 16.8. The first-order chi connectivity index (χ1) is 13.7. The van der Waals surface area contributed by atoms with Crippen LogP contribution in [0.1, 0.15) is 27.9 Å². The molecule has 1 saturated heterocycles. The lowest BCUT2D eigenvalue weighted by Gasteiger charge is -2.35. The first-order valence-corrected chi connectivity index (χ1v) is 9.34. The van der Waals surface area contributed by atoms with Crippen molar-refractivity contribution in [1.29, 1.82) is 0 Å². The number of aromatic nitrogens is 3. The van der Waals surface area contributed by atoms with E-state index in [0.717, 1.165) is 18.1 Å². The summed E-state index contributed by atoms with van der Waals surface area (Å²) in [6.45, 7) is 2.52. The van der Waals surface area contributed by atoms with E-state index in [9.17, 15) is 4.79 Å². The molecule has 7 nitrogen and oxygen atoms in total. The second-order valence-corrected chi connectivity index (χ2v) is 6.75. The van der Waals surface area contributed by atoms with Gasteiger partial charge < -0.3 is 19.5 Å². The number of rotatable bonds is 5. The zero-order chi connectivity index (χ0) is 19.3. The van der Waals surface area contributed by atoms with Gasteiger partial charge in [0, 0.05) is 50.8 Å². The molecule has 1 unspecified atom stereocenters. The van der Waals surface area contributed by atoms with E-state index in [1.54, 1.807) is 12.4 Å². The molecular weight excluding hydrogens is 354 g/mol. The second-order valence-electron chi connectivity index (χ2n) is 6.75. The Hall–Kier alpha value is -3.19. The van der Waals surface area contributed by atoms with Crippen LogP contribution in [0.5, 0.6) is 5.75 Å². The Bertz CT molecular complexity index is 923. The third kappa shape index (κ3) is 3.89. The highest BCUT2D eigenvalue weighted by Crippen LogP contribution is 2.23. The average molecular weight is 377 g/mol. The molecule has 1 aliphatic heterocycles. The minimum Gasteiger partial charge on any atom is -0.487 e. The Balaban J connectivity index is 1.45. The van der Waals surface area contributed by atoms with Crippen LogP contribution >= 0.6 is 0 Å². The molecule has 0 saturated carbocycles. The van der Waals surface area contributed by atoms with Gasteiger partial charge in [-0.1, -0.05) is 6.07 Å². The van der Waals surface area contributed by atoms with Gasteiger partial charge in [-0.2, -0.15) is 0 Å². The van der Waals surface area contributed by atoms with Crippen molar-refractivity contribution in [2.24, 2.45) is 7.05 Å². The van der Waals surface area contributed by atoms with Gasteiger partial charge in [0.15, 0.2) is 0 Å². The first-order valence-electron chi connectivity index (χ1n) is 9.34. The molecular formula is C21H23N5O2. The Labute approximate surface area is 164 Å². The van der Waals surface area contributed by atoms with Crippen LogP contribution in [0.15, 0.2) is 61.1 Å².